The minimum Gasteiger partial charge on any atom is -0.223 e. The predicted octanol–water partition coefficient (Wildman–Crippen LogP) is 7.70. The number of fused-ring (bicyclic) bond motifs is 1. The molecule has 2 aromatic carbocycles. The van der Waals surface area contributed by atoms with Gasteiger partial charge in [0, 0.05) is 31.2 Å². The average molecular weight is 432 g/mol. The van der Waals surface area contributed by atoms with Crippen molar-refractivity contribution >= 4 is 78.7 Å². The second-order valence-corrected chi connectivity index (χ2v) is 8.67. The van der Waals surface area contributed by atoms with Gasteiger partial charge in [-0.1, -0.05) is 69.1 Å². The Labute approximate surface area is 165 Å². The summed E-state index contributed by atoms with van der Waals surface area (Å²) in [5, 5.41) is 4.00. The van der Waals surface area contributed by atoms with Gasteiger partial charge in [0.25, 0.3) is 0 Å². The van der Waals surface area contributed by atoms with Crippen molar-refractivity contribution in [2.75, 3.05) is 0 Å². The molecule has 0 atom stereocenters. The maximum Gasteiger partial charge on any atom is 0.155 e. The highest BCUT2D eigenvalue weighted by Crippen LogP contribution is 2.38. The molecule has 0 unspecified atom stereocenters. The van der Waals surface area contributed by atoms with Gasteiger partial charge in [0.05, 0.1) is 0 Å². The molecule has 2 nitrogen and oxygen atoms in total. The number of rotatable bonds is 2. The molecule has 0 aliphatic rings. The number of aromatic nitrogens is 2. The van der Waals surface area contributed by atoms with Crippen LogP contribution in [0.3, 0.4) is 0 Å². The van der Waals surface area contributed by atoms with Crippen LogP contribution in [-0.2, 0) is 0 Å². The van der Waals surface area contributed by atoms with Crippen molar-refractivity contribution in [3.8, 4) is 21.1 Å². The summed E-state index contributed by atoms with van der Waals surface area (Å²) in [5.41, 5.74) is 1.77. The van der Waals surface area contributed by atoms with Gasteiger partial charge in [-0.25, -0.2) is 9.97 Å². The zero-order chi connectivity index (χ0) is 16.8. The molecule has 2 heterocycles. The van der Waals surface area contributed by atoms with Crippen LogP contribution < -0.4 is 0 Å². The normalized spacial score (nSPS) is 11.3. The summed E-state index contributed by atoms with van der Waals surface area (Å²) in [6, 6.07) is 10.8. The molecule has 8 heteroatoms. The summed E-state index contributed by atoms with van der Waals surface area (Å²) < 4.78 is 0. The quantitative estimate of drug-likeness (QED) is 0.324. The van der Waals surface area contributed by atoms with Gasteiger partial charge in [0.1, 0.15) is 10.0 Å². The van der Waals surface area contributed by atoms with Crippen LogP contribution in [0.4, 0.5) is 0 Å². The lowest BCUT2D eigenvalue weighted by molar-refractivity contribution is 1.48. The standard InChI is InChI=1S/C16H6Cl4N2S2/c17-9-1-7(2-10(18)5-9)13-21-15-16(23-13)22-14(24-15)8-3-11(19)6-12(20)4-8/h1-6H. The molecule has 4 rings (SSSR count). The number of thiazole rings is 2. The van der Waals surface area contributed by atoms with Gasteiger partial charge in [-0.3, -0.25) is 0 Å². The lowest BCUT2D eigenvalue weighted by atomic mass is 10.2. The Morgan fingerprint density at radius 1 is 0.542 bits per heavy atom. The van der Waals surface area contributed by atoms with Gasteiger partial charge >= 0.3 is 0 Å². The van der Waals surface area contributed by atoms with Crippen LogP contribution in [0.25, 0.3) is 30.8 Å². The Morgan fingerprint density at radius 3 is 1.21 bits per heavy atom. The van der Waals surface area contributed by atoms with Crippen LogP contribution in [-0.4, -0.2) is 9.97 Å². The smallest absolute Gasteiger partial charge is 0.155 e. The van der Waals surface area contributed by atoms with Gasteiger partial charge in [0.15, 0.2) is 9.66 Å². The maximum atomic E-state index is 6.06. The predicted molar refractivity (Wildman–Crippen MR) is 106 cm³/mol. The molecular formula is C16H6Cl4N2S2. The Morgan fingerprint density at radius 2 is 0.875 bits per heavy atom. The van der Waals surface area contributed by atoms with E-state index in [1.807, 2.05) is 24.3 Å². The third kappa shape index (κ3) is 3.27. The van der Waals surface area contributed by atoms with E-state index in [0.29, 0.717) is 20.1 Å². The highest BCUT2D eigenvalue weighted by molar-refractivity contribution is 7.29. The molecule has 0 aliphatic heterocycles. The lowest BCUT2D eigenvalue weighted by Crippen LogP contribution is -1.77. The third-order valence-corrected chi connectivity index (χ3v) is 6.19. The Hall–Kier alpha value is -0.880. The first-order valence-electron chi connectivity index (χ1n) is 6.68. The van der Waals surface area contributed by atoms with Gasteiger partial charge in [-0.05, 0) is 36.4 Å². The van der Waals surface area contributed by atoms with Crippen LogP contribution >= 0.6 is 69.1 Å². The summed E-state index contributed by atoms with van der Waals surface area (Å²) in [5.74, 6) is 0. The summed E-state index contributed by atoms with van der Waals surface area (Å²) in [6.45, 7) is 0. The highest BCUT2D eigenvalue weighted by atomic mass is 35.5. The lowest BCUT2D eigenvalue weighted by Gasteiger charge is -1.99. The molecule has 0 N–H and O–H groups in total. The summed E-state index contributed by atoms with van der Waals surface area (Å²) in [6.07, 6.45) is 0. The van der Waals surface area contributed by atoms with Crippen molar-refractivity contribution in [1.29, 1.82) is 0 Å². The van der Waals surface area contributed by atoms with Crippen LogP contribution in [0.15, 0.2) is 36.4 Å². The second-order valence-electron chi connectivity index (χ2n) is 4.96. The molecule has 0 fully saturated rings. The fraction of sp³-hybridized carbons (Fsp3) is 0. The molecule has 120 valence electrons. The van der Waals surface area contributed by atoms with E-state index in [-0.39, 0.29) is 0 Å². The highest BCUT2D eigenvalue weighted by Gasteiger charge is 2.14. The SMILES string of the molecule is Clc1cc(Cl)cc(-c2nc3sc(-c4cc(Cl)cc(Cl)c4)nc3s2)c1. The fourth-order valence-corrected chi connectivity index (χ4v) is 5.31. The minimum atomic E-state index is 0.582. The first kappa shape index (κ1) is 16.6. The number of nitrogens with zero attached hydrogens (tertiary/aromatic N) is 2. The van der Waals surface area contributed by atoms with Crippen molar-refractivity contribution in [1.82, 2.24) is 9.97 Å². The zero-order valence-electron chi connectivity index (χ0n) is 11.7. The van der Waals surface area contributed by atoms with Crippen LogP contribution in [0.1, 0.15) is 0 Å². The number of hydrogen-bond donors (Lipinski definition) is 0. The van der Waals surface area contributed by atoms with Gasteiger partial charge in [-0.15, -0.1) is 0 Å². The Kier molecular flexibility index (Phi) is 4.45. The zero-order valence-corrected chi connectivity index (χ0v) is 16.3. The average Bonchev–Trinajstić information content (AvgIpc) is 3.03. The second kappa shape index (κ2) is 6.45. The minimum absolute atomic E-state index is 0.582. The van der Waals surface area contributed by atoms with E-state index in [2.05, 4.69) is 9.97 Å². The molecule has 2 aromatic heterocycles. The molecule has 0 radical (unpaired) electrons. The van der Waals surface area contributed by atoms with Gasteiger partial charge in [-0.2, -0.15) is 0 Å². The first-order chi connectivity index (χ1) is 11.5. The number of benzene rings is 2. The van der Waals surface area contributed by atoms with Crippen LogP contribution in [0, 0.1) is 0 Å². The summed E-state index contributed by atoms with van der Waals surface area (Å²) in [4.78, 5) is 11.0. The molecule has 0 spiro atoms. The first-order valence-corrected chi connectivity index (χ1v) is 9.83. The molecule has 24 heavy (non-hydrogen) atoms. The monoisotopic (exact) mass is 430 g/mol. The van der Waals surface area contributed by atoms with E-state index >= 15 is 0 Å². The summed E-state index contributed by atoms with van der Waals surface area (Å²) in [7, 11) is 0. The van der Waals surface area contributed by atoms with Gasteiger partial charge < -0.3 is 0 Å². The molecule has 0 saturated carbocycles. The molecule has 0 saturated heterocycles. The fourth-order valence-electron chi connectivity index (χ4n) is 2.24. The molecule has 4 aromatic rings. The largest absolute Gasteiger partial charge is 0.223 e. The Balaban J connectivity index is 1.77. The van der Waals surface area contributed by atoms with E-state index in [1.165, 1.54) is 22.7 Å². The van der Waals surface area contributed by atoms with Crippen LogP contribution in [0.2, 0.25) is 20.1 Å². The van der Waals surface area contributed by atoms with E-state index in [9.17, 15) is 0 Å². The van der Waals surface area contributed by atoms with Crippen LogP contribution in [0.5, 0.6) is 0 Å². The molecule has 0 aliphatic carbocycles. The number of halogens is 4. The van der Waals surface area contributed by atoms with E-state index < -0.39 is 0 Å². The van der Waals surface area contributed by atoms with Gasteiger partial charge in [0.2, 0.25) is 0 Å². The van der Waals surface area contributed by atoms with Crippen molar-refractivity contribution in [2.24, 2.45) is 0 Å². The number of hydrogen-bond acceptors (Lipinski definition) is 4. The molecular weight excluding hydrogens is 426 g/mol. The molecule has 0 amide bonds. The maximum absolute atomic E-state index is 6.06. The molecule has 0 bridgehead atoms. The summed E-state index contributed by atoms with van der Waals surface area (Å²) >= 11 is 27.2. The Bertz CT molecular complexity index is 918. The van der Waals surface area contributed by atoms with E-state index in [1.54, 1.807) is 12.1 Å². The van der Waals surface area contributed by atoms with E-state index in [4.69, 9.17) is 46.4 Å². The van der Waals surface area contributed by atoms with Crippen molar-refractivity contribution in [3.05, 3.63) is 56.5 Å². The van der Waals surface area contributed by atoms with Crippen molar-refractivity contribution in [2.45, 2.75) is 0 Å². The topological polar surface area (TPSA) is 25.8 Å². The third-order valence-electron chi connectivity index (χ3n) is 3.19. The van der Waals surface area contributed by atoms with E-state index in [0.717, 1.165) is 30.8 Å². The van der Waals surface area contributed by atoms with Crippen molar-refractivity contribution in [3.63, 3.8) is 0 Å². The van der Waals surface area contributed by atoms with Crippen molar-refractivity contribution < 1.29 is 0 Å².